The number of aromatic nitrogens is 2. The number of benzene rings is 1. The van der Waals surface area contributed by atoms with E-state index in [2.05, 4.69) is 32.4 Å². The van der Waals surface area contributed by atoms with Crippen LogP contribution in [0.2, 0.25) is 0 Å². The quantitative estimate of drug-likeness (QED) is 0.0719. The van der Waals surface area contributed by atoms with Crippen molar-refractivity contribution in [2.24, 2.45) is 16.5 Å². The van der Waals surface area contributed by atoms with E-state index in [1.165, 1.54) is 5.56 Å². The first-order valence-electron chi connectivity index (χ1n) is 11.8. The number of H-pyrrole nitrogens is 1. The summed E-state index contributed by atoms with van der Waals surface area (Å²) < 4.78 is 0. The molecule has 0 spiro atoms. The number of hydroxylamine groups is 1. The molecule has 10 heteroatoms. The average Bonchev–Trinajstić information content (AvgIpc) is 3.34. The van der Waals surface area contributed by atoms with Gasteiger partial charge < -0.3 is 21.8 Å². The standard InChI is InChI=1S/C24H37N7O3/c25-24(26)29-17-19-12-9-8-11-18(19)10-6-4-2-1-3-5-7-13-22(32)30-20(23(33)31-34)16-21-27-14-15-28-21/h8-9,11-12,14-15,20,34H,1-7,10,13,16-17H2,(H,27,28)(H,30,32)(H,31,33)(H4,25,26,29)/t20-/m1/s1. The van der Waals surface area contributed by atoms with Crippen molar-refractivity contribution >= 4 is 17.8 Å². The van der Waals surface area contributed by atoms with Gasteiger partial charge in [0.15, 0.2) is 5.96 Å². The molecule has 2 amide bonds. The molecule has 10 nitrogen and oxygen atoms in total. The van der Waals surface area contributed by atoms with Crippen LogP contribution in [-0.4, -0.2) is 39.0 Å². The first kappa shape index (κ1) is 26.8. The van der Waals surface area contributed by atoms with Gasteiger partial charge in [0.25, 0.3) is 5.91 Å². The summed E-state index contributed by atoms with van der Waals surface area (Å²) in [4.78, 5) is 35.0. The van der Waals surface area contributed by atoms with Crippen molar-refractivity contribution in [3.05, 3.63) is 53.6 Å². The summed E-state index contributed by atoms with van der Waals surface area (Å²) in [7, 11) is 0. The van der Waals surface area contributed by atoms with E-state index < -0.39 is 11.9 Å². The maximum Gasteiger partial charge on any atom is 0.266 e. The van der Waals surface area contributed by atoms with Gasteiger partial charge in [0.05, 0.1) is 6.54 Å². The third-order valence-electron chi connectivity index (χ3n) is 5.61. The van der Waals surface area contributed by atoms with Crippen LogP contribution in [0.3, 0.4) is 0 Å². The number of carbonyl (C=O) groups is 2. The molecule has 0 aliphatic rings. The Morgan fingerprint density at radius 3 is 2.35 bits per heavy atom. The summed E-state index contributed by atoms with van der Waals surface area (Å²) in [6.45, 7) is 0.514. The van der Waals surface area contributed by atoms with Crippen LogP contribution in [0.4, 0.5) is 0 Å². The number of nitrogens with two attached hydrogens (primary N) is 2. The van der Waals surface area contributed by atoms with E-state index in [0.29, 0.717) is 18.8 Å². The second-order valence-electron chi connectivity index (χ2n) is 8.32. The van der Waals surface area contributed by atoms with Crippen molar-refractivity contribution in [3.63, 3.8) is 0 Å². The molecule has 1 aromatic carbocycles. The molecular formula is C24H37N7O3. The molecule has 8 N–H and O–H groups in total. The number of amides is 2. The SMILES string of the molecule is NC(N)=NCc1ccccc1CCCCCCCCCC(=O)N[C@H](Cc1ncc[nH]1)C(=O)NO. The summed E-state index contributed by atoms with van der Waals surface area (Å²) in [6, 6.07) is 7.37. The van der Waals surface area contributed by atoms with Gasteiger partial charge in [0.1, 0.15) is 11.9 Å². The van der Waals surface area contributed by atoms with Crippen molar-refractivity contribution in [2.75, 3.05) is 0 Å². The van der Waals surface area contributed by atoms with E-state index in [4.69, 9.17) is 16.7 Å². The summed E-state index contributed by atoms with van der Waals surface area (Å²) in [5.41, 5.74) is 14.9. The van der Waals surface area contributed by atoms with Gasteiger partial charge in [0, 0.05) is 25.2 Å². The van der Waals surface area contributed by atoms with Gasteiger partial charge in [-0.3, -0.25) is 14.8 Å². The molecule has 0 aliphatic heterocycles. The fraction of sp³-hybridized carbons (Fsp3) is 0.500. The monoisotopic (exact) mass is 471 g/mol. The van der Waals surface area contributed by atoms with Crippen molar-refractivity contribution in [1.29, 1.82) is 0 Å². The highest BCUT2D eigenvalue weighted by molar-refractivity contribution is 5.87. The molecular weight excluding hydrogens is 434 g/mol. The number of nitrogens with one attached hydrogen (secondary N) is 3. The van der Waals surface area contributed by atoms with Crippen molar-refractivity contribution < 1.29 is 14.8 Å². The summed E-state index contributed by atoms with van der Waals surface area (Å²) in [5, 5.41) is 11.6. The van der Waals surface area contributed by atoms with Gasteiger partial charge in [0.2, 0.25) is 5.91 Å². The summed E-state index contributed by atoms with van der Waals surface area (Å²) in [5.74, 6) is -0.203. The normalized spacial score (nSPS) is 11.6. The van der Waals surface area contributed by atoms with Gasteiger partial charge in [-0.1, -0.05) is 56.4 Å². The Morgan fingerprint density at radius 1 is 1.03 bits per heavy atom. The van der Waals surface area contributed by atoms with E-state index in [9.17, 15) is 9.59 Å². The number of carbonyl (C=O) groups excluding carboxylic acids is 2. The fourth-order valence-electron chi connectivity index (χ4n) is 3.77. The van der Waals surface area contributed by atoms with E-state index in [0.717, 1.165) is 56.9 Å². The van der Waals surface area contributed by atoms with E-state index in [1.54, 1.807) is 17.9 Å². The van der Waals surface area contributed by atoms with Crippen LogP contribution in [0.25, 0.3) is 0 Å². The van der Waals surface area contributed by atoms with Crippen molar-refractivity contribution in [3.8, 4) is 0 Å². The Bertz CT molecular complexity index is 896. The number of guanidine groups is 1. The lowest BCUT2D eigenvalue weighted by Gasteiger charge is -2.15. The third kappa shape index (κ3) is 10.5. The first-order chi connectivity index (χ1) is 16.5. The van der Waals surface area contributed by atoms with Gasteiger partial charge >= 0.3 is 0 Å². The van der Waals surface area contributed by atoms with Gasteiger partial charge in [-0.2, -0.15) is 0 Å². The molecule has 0 aliphatic carbocycles. The Balaban J connectivity index is 1.56. The predicted octanol–water partition coefficient (Wildman–Crippen LogP) is 2.08. The zero-order valence-electron chi connectivity index (χ0n) is 19.6. The molecule has 2 rings (SSSR count). The minimum atomic E-state index is -0.867. The van der Waals surface area contributed by atoms with Gasteiger partial charge in [-0.25, -0.2) is 15.5 Å². The minimum absolute atomic E-state index is 0.108. The average molecular weight is 472 g/mol. The highest BCUT2D eigenvalue weighted by Crippen LogP contribution is 2.15. The number of unbranched alkanes of at least 4 members (excludes halogenated alkanes) is 6. The van der Waals surface area contributed by atoms with Crippen LogP contribution in [0, 0.1) is 0 Å². The smallest absolute Gasteiger partial charge is 0.266 e. The van der Waals surface area contributed by atoms with E-state index in [-0.39, 0.29) is 18.3 Å². The number of imidazole rings is 1. The Kier molecular flexibility index (Phi) is 12.2. The molecule has 0 radical (unpaired) electrons. The maximum atomic E-state index is 12.2. The van der Waals surface area contributed by atoms with Crippen molar-refractivity contribution in [2.45, 2.75) is 76.8 Å². The lowest BCUT2D eigenvalue weighted by molar-refractivity contribution is -0.134. The molecule has 1 heterocycles. The fourth-order valence-corrected chi connectivity index (χ4v) is 3.77. The lowest BCUT2D eigenvalue weighted by Crippen LogP contribution is -2.47. The van der Waals surface area contributed by atoms with E-state index in [1.807, 2.05) is 12.1 Å². The molecule has 34 heavy (non-hydrogen) atoms. The molecule has 186 valence electrons. The molecule has 0 fully saturated rings. The second kappa shape index (κ2) is 15.4. The molecule has 0 bridgehead atoms. The van der Waals surface area contributed by atoms with E-state index >= 15 is 0 Å². The summed E-state index contributed by atoms with van der Waals surface area (Å²) >= 11 is 0. The molecule has 1 aromatic heterocycles. The van der Waals surface area contributed by atoms with Gasteiger partial charge in [-0.15, -0.1) is 0 Å². The minimum Gasteiger partial charge on any atom is -0.370 e. The number of hydrogen-bond acceptors (Lipinski definition) is 5. The largest absolute Gasteiger partial charge is 0.370 e. The highest BCUT2D eigenvalue weighted by atomic mass is 16.5. The van der Waals surface area contributed by atoms with Crippen LogP contribution in [0.5, 0.6) is 0 Å². The molecule has 0 unspecified atom stereocenters. The van der Waals surface area contributed by atoms with Gasteiger partial charge in [-0.05, 0) is 30.4 Å². The Morgan fingerprint density at radius 2 is 1.71 bits per heavy atom. The predicted molar refractivity (Wildman–Crippen MR) is 131 cm³/mol. The lowest BCUT2D eigenvalue weighted by atomic mass is 10.00. The first-order valence-corrected chi connectivity index (χ1v) is 11.8. The topological polar surface area (TPSA) is 172 Å². The number of nitrogens with zero attached hydrogens (tertiary/aromatic N) is 2. The Hall–Kier alpha value is -3.40. The van der Waals surface area contributed by atoms with Crippen LogP contribution < -0.4 is 22.3 Å². The maximum absolute atomic E-state index is 12.2. The number of aromatic amines is 1. The zero-order valence-corrected chi connectivity index (χ0v) is 19.6. The molecule has 1 atom stereocenters. The number of aryl methyl sites for hydroxylation is 1. The highest BCUT2D eigenvalue weighted by Gasteiger charge is 2.21. The van der Waals surface area contributed by atoms with Crippen molar-refractivity contribution in [1.82, 2.24) is 20.8 Å². The third-order valence-corrected chi connectivity index (χ3v) is 5.61. The molecule has 0 saturated heterocycles. The van der Waals surface area contributed by atoms with Crippen LogP contribution in [0.15, 0.2) is 41.7 Å². The van der Waals surface area contributed by atoms with Crippen LogP contribution in [0.1, 0.15) is 68.3 Å². The summed E-state index contributed by atoms with van der Waals surface area (Å²) in [6.07, 6.45) is 12.1. The number of rotatable bonds is 16. The number of aliphatic imine (C=N–C) groups is 1. The molecule has 2 aromatic rings. The number of hydrogen-bond donors (Lipinski definition) is 6. The van der Waals surface area contributed by atoms with Crippen LogP contribution >= 0.6 is 0 Å². The van der Waals surface area contributed by atoms with Crippen LogP contribution in [-0.2, 0) is 29.0 Å². The second-order valence-corrected chi connectivity index (χ2v) is 8.32. The molecule has 0 saturated carbocycles. The zero-order chi connectivity index (χ0) is 24.6. The Labute approximate surface area is 200 Å².